The SMILES string of the molecule is CC1(C)OC(C)(C)C(CN2CCc3ccccc32)C1O. The van der Waals surface area contributed by atoms with Crippen LogP contribution in [0.15, 0.2) is 24.3 Å². The van der Waals surface area contributed by atoms with Gasteiger partial charge in [0.15, 0.2) is 0 Å². The summed E-state index contributed by atoms with van der Waals surface area (Å²) in [5.41, 5.74) is 1.98. The normalized spacial score (nSPS) is 30.6. The zero-order chi connectivity index (χ0) is 14.5. The van der Waals surface area contributed by atoms with E-state index in [-0.39, 0.29) is 11.5 Å². The Labute approximate surface area is 121 Å². The van der Waals surface area contributed by atoms with Crippen molar-refractivity contribution in [3.63, 3.8) is 0 Å². The maximum Gasteiger partial charge on any atom is 0.0897 e. The second-order valence-electron chi connectivity index (χ2n) is 7.19. The molecule has 1 aromatic carbocycles. The first-order valence-electron chi connectivity index (χ1n) is 7.52. The Hall–Kier alpha value is -1.06. The van der Waals surface area contributed by atoms with Crippen LogP contribution in [0.25, 0.3) is 0 Å². The molecule has 2 unspecified atom stereocenters. The lowest BCUT2D eigenvalue weighted by Crippen LogP contribution is -2.43. The molecule has 2 heterocycles. The molecule has 0 spiro atoms. The maximum absolute atomic E-state index is 10.6. The fourth-order valence-electron chi connectivity index (χ4n) is 3.83. The van der Waals surface area contributed by atoms with Crippen LogP contribution in [0.2, 0.25) is 0 Å². The van der Waals surface area contributed by atoms with E-state index >= 15 is 0 Å². The van der Waals surface area contributed by atoms with E-state index in [1.165, 1.54) is 11.3 Å². The summed E-state index contributed by atoms with van der Waals surface area (Å²) in [5, 5.41) is 10.6. The first-order chi connectivity index (χ1) is 9.31. The molecule has 2 atom stereocenters. The number of aliphatic hydroxyl groups excluding tert-OH is 1. The number of fused-ring (bicyclic) bond motifs is 1. The van der Waals surface area contributed by atoms with Crippen molar-refractivity contribution in [3.05, 3.63) is 29.8 Å². The molecule has 110 valence electrons. The van der Waals surface area contributed by atoms with E-state index in [1.54, 1.807) is 0 Å². The van der Waals surface area contributed by atoms with Crippen LogP contribution < -0.4 is 4.90 Å². The third-order valence-electron chi connectivity index (χ3n) is 4.91. The summed E-state index contributed by atoms with van der Waals surface area (Å²) in [7, 11) is 0. The lowest BCUT2D eigenvalue weighted by molar-refractivity contribution is -0.0906. The molecule has 1 aromatic rings. The second kappa shape index (κ2) is 4.47. The largest absolute Gasteiger partial charge is 0.390 e. The Morgan fingerprint density at radius 1 is 1.20 bits per heavy atom. The van der Waals surface area contributed by atoms with Gasteiger partial charge in [-0.25, -0.2) is 0 Å². The molecule has 1 fully saturated rings. The van der Waals surface area contributed by atoms with Gasteiger partial charge in [-0.1, -0.05) is 18.2 Å². The van der Waals surface area contributed by atoms with Gasteiger partial charge in [-0.2, -0.15) is 0 Å². The summed E-state index contributed by atoms with van der Waals surface area (Å²) in [6, 6.07) is 8.57. The number of rotatable bonds is 2. The standard InChI is InChI=1S/C17H25NO2/c1-16(2)13(15(19)17(3,4)20-16)11-18-10-9-12-7-5-6-8-14(12)18/h5-8,13,15,19H,9-11H2,1-4H3. The number of anilines is 1. The molecule has 3 heteroatoms. The third-order valence-corrected chi connectivity index (χ3v) is 4.91. The molecule has 3 nitrogen and oxygen atoms in total. The lowest BCUT2D eigenvalue weighted by Gasteiger charge is -2.32. The van der Waals surface area contributed by atoms with E-state index in [0.717, 1.165) is 19.5 Å². The smallest absolute Gasteiger partial charge is 0.0897 e. The third kappa shape index (κ3) is 2.13. The Bertz CT molecular complexity index is 509. The number of aliphatic hydroxyl groups is 1. The lowest BCUT2D eigenvalue weighted by atomic mass is 9.84. The van der Waals surface area contributed by atoms with Crippen LogP contribution >= 0.6 is 0 Å². The molecule has 0 aromatic heterocycles. The number of benzene rings is 1. The van der Waals surface area contributed by atoms with Crippen molar-refractivity contribution in [1.29, 1.82) is 0 Å². The van der Waals surface area contributed by atoms with Crippen LogP contribution in [-0.4, -0.2) is 35.5 Å². The summed E-state index contributed by atoms with van der Waals surface area (Å²) in [5.74, 6) is 0.128. The van der Waals surface area contributed by atoms with Crippen LogP contribution in [0.5, 0.6) is 0 Å². The average molecular weight is 275 g/mol. The first kappa shape index (κ1) is 13.9. The molecule has 2 aliphatic rings. The predicted molar refractivity (Wildman–Crippen MR) is 81.1 cm³/mol. The quantitative estimate of drug-likeness (QED) is 0.900. The summed E-state index contributed by atoms with van der Waals surface area (Å²) in [6.07, 6.45) is 0.675. The van der Waals surface area contributed by atoms with E-state index in [0.29, 0.717) is 0 Å². The zero-order valence-electron chi connectivity index (χ0n) is 12.9. The molecule has 0 aliphatic carbocycles. The highest BCUT2D eigenvalue weighted by Gasteiger charge is 2.53. The molecule has 0 amide bonds. The summed E-state index contributed by atoms with van der Waals surface area (Å²) in [4.78, 5) is 2.40. The van der Waals surface area contributed by atoms with E-state index in [1.807, 2.05) is 13.8 Å². The van der Waals surface area contributed by atoms with Crippen molar-refractivity contribution < 1.29 is 9.84 Å². The summed E-state index contributed by atoms with van der Waals surface area (Å²) < 4.78 is 6.08. The molecule has 20 heavy (non-hydrogen) atoms. The van der Waals surface area contributed by atoms with Crippen molar-refractivity contribution in [2.75, 3.05) is 18.0 Å². The van der Waals surface area contributed by atoms with Crippen LogP contribution in [0.1, 0.15) is 33.3 Å². The van der Waals surface area contributed by atoms with E-state index < -0.39 is 11.7 Å². The van der Waals surface area contributed by atoms with E-state index in [2.05, 4.69) is 43.0 Å². The Balaban J connectivity index is 1.82. The second-order valence-corrected chi connectivity index (χ2v) is 7.19. The molecule has 1 N–H and O–H groups in total. The van der Waals surface area contributed by atoms with Gasteiger partial charge < -0.3 is 14.7 Å². The Morgan fingerprint density at radius 2 is 1.90 bits per heavy atom. The number of para-hydroxylation sites is 1. The average Bonchev–Trinajstić information content (AvgIpc) is 2.82. The van der Waals surface area contributed by atoms with Crippen LogP contribution in [0.3, 0.4) is 0 Å². The van der Waals surface area contributed by atoms with Crippen molar-refractivity contribution in [1.82, 2.24) is 0 Å². The van der Waals surface area contributed by atoms with Gasteiger partial charge in [0.1, 0.15) is 0 Å². The highest BCUT2D eigenvalue weighted by atomic mass is 16.5. The van der Waals surface area contributed by atoms with Gasteiger partial charge in [0.25, 0.3) is 0 Å². The van der Waals surface area contributed by atoms with Crippen molar-refractivity contribution >= 4 is 5.69 Å². The number of hydrogen-bond donors (Lipinski definition) is 1. The first-order valence-corrected chi connectivity index (χ1v) is 7.52. The molecule has 1 saturated heterocycles. The molecular formula is C17H25NO2. The minimum Gasteiger partial charge on any atom is -0.390 e. The number of nitrogens with zero attached hydrogens (tertiary/aromatic N) is 1. The van der Waals surface area contributed by atoms with E-state index in [9.17, 15) is 5.11 Å². The van der Waals surface area contributed by atoms with Gasteiger partial charge in [-0.05, 0) is 45.7 Å². The molecule has 0 radical (unpaired) electrons. The van der Waals surface area contributed by atoms with Crippen molar-refractivity contribution in [3.8, 4) is 0 Å². The molecule has 2 aliphatic heterocycles. The minimum absolute atomic E-state index is 0.128. The van der Waals surface area contributed by atoms with Crippen molar-refractivity contribution in [2.45, 2.75) is 51.4 Å². The van der Waals surface area contributed by atoms with Crippen LogP contribution in [0, 0.1) is 5.92 Å². The molecule has 3 rings (SSSR count). The highest BCUT2D eigenvalue weighted by Crippen LogP contribution is 2.43. The summed E-state index contributed by atoms with van der Waals surface area (Å²) in [6.45, 7) is 10.1. The fraction of sp³-hybridized carbons (Fsp3) is 0.647. The van der Waals surface area contributed by atoms with E-state index in [4.69, 9.17) is 4.74 Å². The predicted octanol–water partition coefficient (Wildman–Crippen LogP) is 2.61. The number of hydrogen-bond acceptors (Lipinski definition) is 3. The zero-order valence-corrected chi connectivity index (χ0v) is 12.9. The molecule has 0 saturated carbocycles. The summed E-state index contributed by atoms with van der Waals surface area (Å²) >= 11 is 0. The maximum atomic E-state index is 10.6. The van der Waals surface area contributed by atoms with Crippen LogP contribution in [-0.2, 0) is 11.2 Å². The topological polar surface area (TPSA) is 32.7 Å². The molecule has 0 bridgehead atoms. The van der Waals surface area contributed by atoms with Crippen LogP contribution in [0.4, 0.5) is 5.69 Å². The minimum atomic E-state index is -0.465. The number of ether oxygens (including phenoxy) is 1. The van der Waals surface area contributed by atoms with Gasteiger partial charge >= 0.3 is 0 Å². The van der Waals surface area contributed by atoms with Crippen molar-refractivity contribution in [2.24, 2.45) is 5.92 Å². The Morgan fingerprint density at radius 3 is 2.55 bits per heavy atom. The van der Waals surface area contributed by atoms with Gasteiger partial charge in [0, 0.05) is 24.7 Å². The van der Waals surface area contributed by atoms with Gasteiger partial charge in [-0.15, -0.1) is 0 Å². The fourth-order valence-corrected chi connectivity index (χ4v) is 3.83. The highest BCUT2D eigenvalue weighted by molar-refractivity contribution is 5.57. The van der Waals surface area contributed by atoms with Gasteiger partial charge in [0.2, 0.25) is 0 Å². The monoisotopic (exact) mass is 275 g/mol. The molecular weight excluding hydrogens is 250 g/mol. The van der Waals surface area contributed by atoms with Gasteiger partial charge in [-0.3, -0.25) is 0 Å². The Kier molecular flexibility index (Phi) is 3.11. The van der Waals surface area contributed by atoms with Gasteiger partial charge in [0.05, 0.1) is 17.3 Å².